The van der Waals surface area contributed by atoms with E-state index in [1.165, 1.54) is 44.9 Å². The number of hydrogen-bond acceptors (Lipinski definition) is 10. The molecule has 0 saturated carbocycles. The van der Waals surface area contributed by atoms with Crippen LogP contribution in [0.1, 0.15) is 136 Å². The molecule has 12 nitrogen and oxygen atoms in total. The number of hydrogen-bond donors (Lipinski definition) is 4. The molecule has 0 heterocycles. The summed E-state index contributed by atoms with van der Waals surface area (Å²) in [7, 11) is -4.73. The number of phosphoric acid groups is 1. The minimum atomic E-state index is -4.73. The number of unbranched alkanes of at least 4 members (excludes halogenated alkanes) is 11. The summed E-state index contributed by atoms with van der Waals surface area (Å²) in [6.07, 6.45) is 35.0. The van der Waals surface area contributed by atoms with Crippen molar-refractivity contribution in [2.75, 3.05) is 19.8 Å². The maximum Gasteiger partial charge on any atom is 0.472 e. The second kappa shape index (κ2) is 34.9. The van der Waals surface area contributed by atoms with Gasteiger partial charge in [-0.1, -0.05) is 139 Å². The summed E-state index contributed by atoms with van der Waals surface area (Å²) in [5.74, 6) is -2.49. The summed E-state index contributed by atoms with van der Waals surface area (Å²) in [5, 5.41) is 18.6. The number of carboxylic acid groups (broad SMARTS) is 1. The number of carboxylic acids is 1. The Balaban J connectivity index is 4.55. The van der Waals surface area contributed by atoms with E-state index in [1.54, 1.807) is 6.08 Å². The molecule has 0 rings (SSSR count). The average Bonchev–Trinajstić information content (AvgIpc) is 3.13. The van der Waals surface area contributed by atoms with Gasteiger partial charge < -0.3 is 30.3 Å². The largest absolute Gasteiger partial charge is 0.480 e. The molecular formula is C40H68NO11P. The average molecular weight is 770 g/mol. The summed E-state index contributed by atoms with van der Waals surface area (Å²) < 4.78 is 32.5. The number of phosphoric ester groups is 1. The van der Waals surface area contributed by atoms with Crippen LogP contribution in [0.25, 0.3) is 0 Å². The molecule has 0 aliphatic rings. The predicted molar refractivity (Wildman–Crippen MR) is 209 cm³/mol. The van der Waals surface area contributed by atoms with Gasteiger partial charge in [-0.15, -0.1) is 0 Å². The number of aliphatic carboxylic acids is 1. The van der Waals surface area contributed by atoms with Gasteiger partial charge in [0, 0.05) is 12.8 Å². The lowest BCUT2D eigenvalue weighted by Gasteiger charge is -2.20. The van der Waals surface area contributed by atoms with Crippen molar-refractivity contribution < 1.29 is 52.6 Å². The number of aliphatic hydroxyl groups is 1. The Morgan fingerprint density at radius 1 is 0.698 bits per heavy atom. The van der Waals surface area contributed by atoms with Gasteiger partial charge in [0.25, 0.3) is 0 Å². The highest BCUT2D eigenvalue weighted by Gasteiger charge is 2.28. The lowest BCUT2D eigenvalue weighted by molar-refractivity contribution is -0.161. The molecule has 0 fully saturated rings. The molecule has 0 aromatic rings. The van der Waals surface area contributed by atoms with Gasteiger partial charge in [0.15, 0.2) is 6.10 Å². The van der Waals surface area contributed by atoms with Crippen LogP contribution in [0.5, 0.6) is 0 Å². The zero-order valence-electron chi connectivity index (χ0n) is 32.2. The van der Waals surface area contributed by atoms with E-state index in [1.807, 2.05) is 49.5 Å². The quantitative estimate of drug-likeness (QED) is 0.0158. The molecule has 0 aliphatic carbocycles. The maximum absolute atomic E-state index is 12.5. The molecule has 0 radical (unpaired) electrons. The van der Waals surface area contributed by atoms with E-state index in [4.69, 9.17) is 24.8 Å². The van der Waals surface area contributed by atoms with Crippen LogP contribution in [-0.4, -0.2) is 71.1 Å². The highest BCUT2D eigenvalue weighted by atomic mass is 31.2. The van der Waals surface area contributed by atoms with Gasteiger partial charge in [0.2, 0.25) is 0 Å². The van der Waals surface area contributed by atoms with E-state index in [0.29, 0.717) is 25.7 Å². The van der Waals surface area contributed by atoms with Gasteiger partial charge in [-0.05, 0) is 44.9 Å². The zero-order chi connectivity index (χ0) is 39.4. The fourth-order valence-corrected chi connectivity index (χ4v) is 5.54. The van der Waals surface area contributed by atoms with E-state index >= 15 is 0 Å². The number of allylic oxidation sites excluding steroid dienone is 8. The third-order valence-electron chi connectivity index (χ3n) is 7.85. The monoisotopic (exact) mass is 769 g/mol. The molecule has 13 heteroatoms. The van der Waals surface area contributed by atoms with Gasteiger partial charge in [0.05, 0.1) is 19.3 Å². The lowest BCUT2D eigenvalue weighted by Crippen LogP contribution is -2.34. The van der Waals surface area contributed by atoms with Crippen molar-refractivity contribution in [3.05, 3.63) is 60.8 Å². The van der Waals surface area contributed by atoms with Crippen LogP contribution in [0.3, 0.4) is 0 Å². The van der Waals surface area contributed by atoms with Crippen LogP contribution in [0.2, 0.25) is 0 Å². The molecule has 5 N–H and O–H groups in total. The second-order valence-corrected chi connectivity index (χ2v) is 14.3. The molecule has 2 unspecified atom stereocenters. The highest BCUT2D eigenvalue weighted by Crippen LogP contribution is 2.43. The van der Waals surface area contributed by atoms with Gasteiger partial charge >= 0.3 is 25.7 Å². The molecule has 0 amide bonds. The summed E-state index contributed by atoms with van der Waals surface area (Å²) in [4.78, 5) is 45.7. The Hall–Kier alpha value is -2.86. The molecule has 0 bridgehead atoms. The molecule has 0 spiro atoms. The van der Waals surface area contributed by atoms with Crippen molar-refractivity contribution in [1.82, 2.24) is 0 Å². The molecule has 0 saturated heterocycles. The number of esters is 2. The first-order valence-corrected chi connectivity index (χ1v) is 20.9. The third kappa shape index (κ3) is 34.6. The van der Waals surface area contributed by atoms with Crippen LogP contribution < -0.4 is 5.73 Å². The third-order valence-corrected chi connectivity index (χ3v) is 8.81. The normalized spacial score (nSPS) is 15.1. The SMILES string of the molecule is CC/C=C\C(O)C/C=C/C=C\C/C=C\C/C=C\CCCC(=O)OC[C@H](COP(=O)(O)OC[C@H](N)C(=O)O)OC(=O)CCCCCCCCCCCCC. The fourth-order valence-electron chi connectivity index (χ4n) is 4.77. The van der Waals surface area contributed by atoms with Crippen molar-refractivity contribution >= 4 is 25.7 Å². The lowest BCUT2D eigenvalue weighted by atomic mass is 10.1. The molecule has 0 aromatic heterocycles. The summed E-state index contributed by atoms with van der Waals surface area (Å²) in [6.45, 7) is 2.46. The number of nitrogens with two attached hydrogens (primary N) is 1. The van der Waals surface area contributed by atoms with Crippen molar-refractivity contribution in [2.45, 2.75) is 154 Å². The molecule has 304 valence electrons. The Morgan fingerprint density at radius 2 is 1.26 bits per heavy atom. The van der Waals surface area contributed by atoms with Crippen molar-refractivity contribution in [2.24, 2.45) is 5.73 Å². The Bertz CT molecular complexity index is 1150. The number of aliphatic hydroxyl groups excluding tert-OH is 1. The van der Waals surface area contributed by atoms with Crippen LogP contribution in [-0.2, 0) is 37.5 Å². The van der Waals surface area contributed by atoms with Gasteiger partial charge in [0.1, 0.15) is 12.6 Å². The Morgan fingerprint density at radius 3 is 1.91 bits per heavy atom. The van der Waals surface area contributed by atoms with E-state index in [9.17, 15) is 28.9 Å². The van der Waals surface area contributed by atoms with Gasteiger partial charge in [-0.25, -0.2) is 4.57 Å². The van der Waals surface area contributed by atoms with Gasteiger partial charge in [-0.3, -0.25) is 23.4 Å². The van der Waals surface area contributed by atoms with Crippen LogP contribution >= 0.6 is 7.82 Å². The number of carbonyl (C=O) groups is 3. The maximum atomic E-state index is 12.5. The highest BCUT2D eigenvalue weighted by molar-refractivity contribution is 7.47. The number of rotatable bonds is 35. The zero-order valence-corrected chi connectivity index (χ0v) is 33.1. The van der Waals surface area contributed by atoms with Crippen molar-refractivity contribution in [3.63, 3.8) is 0 Å². The smallest absolute Gasteiger partial charge is 0.472 e. The molecular weight excluding hydrogens is 701 g/mol. The summed E-state index contributed by atoms with van der Waals surface area (Å²) >= 11 is 0. The topological polar surface area (TPSA) is 192 Å². The predicted octanol–water partition coefficient (Wildman–Crippen LogP) is 8.58. The van der Waals surface area contributed by atoms with E-state index in [0.717, 1.165) is 38.5 Å². The van der Waals surface area contributed by atoms with Gasteiger partial charge in [-0.2, -0.15) is 0 Å². The minimum absolute atomic E-state index is 0.124. The first kappa shape index (κ1) is 50.1. The van der Waals surface area contributed by atoms with E-state index in [2.05, 4.69) is 23.6 Å². The Labute approximate surface area is 318 Å². The Kier molecular flexibility index (Phi) is 33.0. The van der Waals surface area contributed by atoms with Crippen LogP contribution in [0.4, 0.5) is 0 Å². The molecule has 0 aliphatic heterocycles. The van der Waals surface area contributed by atoms with E-state index in [-0.39, 0.29) is 19.4 Å². The fraction of sp³-hybridized carbons (Fsp3) is 0.675. The first-order chi connectivity index (χ1) is 25.5. The number of ether oxygens (including phenoxy) is 2. The number of carbonyl (C=O) groups excluding carboxylic acids is 2. The summed E-state index contributed by atoms with van der Waals surface area (Å²) in [6, 6.07) is -1.54. The van der Waals surface area contributed by atoms with E-state index < -0.39 is 57.2 Å². The summed E-state index contributed by atoms with van der Waals surface area (Å²) in [5.41, 5.74) is 5.31. The minimum Gasteiger partial charge on any atom is -0.480 e. The van der Waals surface area contributed by atoms with Crippen LogP contribution in [0.15, 0.2) is 60.8 Å². The standard InChI is InChI=1S/C40H68NO11P/c1-3-5-7-8-9-10-13-18-21-24-27-31-39(44)52-36(33-50-53(47,48)51-34-37(41)40(45)46)32-49-38(43)30-26-23-20-17-15-12-11-14-16-19-22-25-29-35(42)28-6-4-2/h6,11-12,16-17,19-20,22,25,28,35-37,42H,3-5,7-10,13-15,18,21,23-24,26-27,29-34,41H2,1-2H3,(H,45,46)(H,47,48)/b12-11-,19-16-,20-17-,25-22+,28-6-/t35?,36-,37+/m1/s1. The molecule has 4 atom stereocenters. The van der Waals surface area contributed by atoms with Crippen LogP contribution in [0, 0.1) is 0 Å². The molecule has 0 aromatic carbocycles. The molecule has 53 heavy (non-hydrogen) atoms. The first-order valence-electron chi connectivity index (χ1n) is 19.4. The van der Waals surface area contributed by atoms with Crippen molar-refractivity contribution in [1.29, 1.82) is 0 Å². The second-order valence-electron chi connectivity index (χ2n) is 12.9. The van der Waals surface area contributed by atoms with Crippen molar-refractivity contribution in [3.8, 4) is 0 Å².